The van der Waals surface area contributed by atoms with E-state index in [0.717, 1.165) is 0 Å². The van der Waals surface area contributed by atoms with Gasteiger partial charge in [0, 0.05) is 12.6 Å². The van der Waals surface area contributed by atoms with Crippen molar-refractivity contribution in [3.05, 3.63) is 23.8 Å². The average Bonchev–Trinajstić information content (AvgIpc) is 2.78. The van der Waals surface area contributed by atoms with E-state index in [2.05, 4.69) is 5.32 Å². The van der Waals surface area contributed by atoms with E-state index in [1.54, 1.807) is 6.92 Å². The van der Waals surface area contributed by atoms with Gasteiger partial charge in [0.2, 0.25) is 0 Å². The van der Waals surface area contributed by atoms with Crippen molar-refractivity contribution in [1.82, 2.24) is 4.90 Å². The summed E-state index contributed by atoms with van der Waals surface area (Å²) in [5.74, 6) is -0.690. The molecule has 1 fully saturated rings. The van der Waals surface area contributed by atoms with Crippen LogP contribution in [-0.4, -0.2) is 52.9 Å². The lowest BCUT2D eigenvalue weighted by Crippen LogP contribution is -2.36. The quantitative estimate of drug-likeness (QED) is 0.782. The van der Waals surface area contributed by atoms with Gasteiger partial charge in [-0.25, -0.2) is 9.59 Å². The van der Waals surface area contributed by atoms with Gasteiger partial charge in [0.1, 0.15) is 5.75 Å². The second-order valence-electron chi connectivity index (χ2n) is 5.32. The molecular formula is C14H18N2O5. The van der Waals surface area contributed by atoms with Crippen LogP contribution < -0.4 is 10.1 Å². The molecule has 1 aromatic carbocycles. The first-order valence-corrected chi connectivity index (χ1v) is 6.52. The first-order chi connectivity index (χ1) is 9.82. The van der Waals surface area contributed by atoms with Crippen LogP contribution in [-0.2, 0) is 0 Å². The maximum atomic E-state index is 12.1. The molecule has 3 N–H and O–H groups in total. The molecule has 1 aromatic rings. The number of methoxy groups -OCH3 is 1. The Morgan fingerprint density at radius 2 is 2.14 bits per heavy atom. The van der Waals surface area contributed by atoms with Crippen molar-refractivity contribution < 1.29 is 24.5 Å². The van der Waals surface area contributed by atoms with Crippen LogP contribution in [0.25, 0.3) is 0 Å². The standard InChI is InChI=1S/C14H18N2O5/c1-14(20)5-6-16(8-14)13(19)15-11-7-9(21-2)3-4-10(11)12(17)18/h3-4,7,20H,5-6,8H2,1-2H3,(H,15,19)(H,17,18). The predicted molar refractivity (Wildman–Crippen MR) is 75.8 cm³/mol. The van der Waals surface area contributed by atoms with Gasteiger partial charge < -0.3 is 25.2 Å². The molecule has 114 valence electrons. The van der Waals surface area contributed by atoms with Crippen molar-refractivity contribution in [3.8, 4) is 5.75 Å². The van der Waals surface area contributed by atoms with E-state index in [-0.39, 0.29) is 17.8 Å². The average molecular weight is 294 g/mol. The minimum absolute atomic E-state index is 0.0184. The summed E-state index contributed by atoms with van der Waals surface area (Å²) in [7, 11) is 1.46. The zero-order chi connectivity index (χ0) is 15.6. The molecule has 7 heteroatoms. The highest BCUT2D eigenvalue weighted by Crippen LogP contribution is 2.25. The third-order valence-electron chi connectivity index (χ3n) is 3.44. The zero-order valence-electron chi connectivity index (χ0n) is 11.9. The minimum Gasteiger partial charge on any atom is -0.497 e. The predicted octanol–water partition coefficient (Wildman–Crippen LogP) is 1.38. The normalized spacial score (nSPS) is 21.2. The van der Waals surface area contributed by atoms with Crippen molar-refractivity contribution >= 4 is 17.7 Å². The second-order valence-corrected chi connectivity index (χ2v) is 5.32. The monoisotopic (exact) mass is 294 g/mol. The number of β-amino-alcohol motifs (C(OH)–C–C–N with tert-alkyl or cyclic N) is 1. The largest absolute Gasteiger partial charge is 0.497 e. The van der Waals surface area contributed by atoms with Gasteiger partial charge in [-0.1, -0.05) is 0 Å². The van der Waals surface area contributed by atoms with Crippen molar-refractivity contribution in [1.29, 1.82) is 0 Å². The molecule has 1 atom stereocenters. The molecule has 1 heterocycles. The van der Waals surface area contributed by atoms with Gasteiger partial charge in [0.25, 0.3) is 0 Å². The van der Waals surface area contributed by atoms with E-state index >= 15 is 0 Å². The van der Waals surface area contributed by atoms with Crippen LogP contribution in [0.5, 0.6) is 5.75 Å². The summed E-state index contributed by atoms with van der Waals surface area (Å²) in [5.41, 5.74) is -0.755. The van der Waals surface area contributed by atoms with Crippen molar-refractivity contribution in [3.63, 3.8) is 0 Å². The van der Waals surface area contributed by atoms with Crippen molar-refractivity contribution in [2.75, 3.05) is 25.5 Å². The summed E-state index contributed by atoms with van der Waals surface area (Å²) in [4.78, 5) is 24.8. The molecule has 0 aromatic heterocycles. The maximum absolute atomic E-state index is 12.1. The molecule has 0 bridgehead atoms. The number of carboxylic acids is 1. The number of carbonyl (C=O) groups is 2. The maximum Gasteiger partial charge on any atom is 0.337 e. The lowest BCUT2D eigenvalue weighted by atomic mass is 10.1. The lowest BCUT2D eigenvalue weighted by molar-refractivity contribution is 0.0695. The number of likely N-dealkylation sites (tertiary alicyclic amines) is 1. The van der Waals surface area contributed by atoms with Crippen LogP contribution in [0.2, 0.25) is 0 Å². The van der Waals surface area contributed by atoms with Gasteiger partial charge in [-0.05, 0) is 25.5 Å². The lowest BCUT2D eigenvalue weighted by Gasteiger charge is -2.20. The molecule has 0 aliphatic carbocycles. The van der Waals surface area contributed by atoms with Gasteiger partial charge in [0.15, 0.2) is 0 Å². The summed E-state index contributed by atoms with van der Waals surface area (Å²) in [5, 5.41) is 21.6. The molecule has 1 aliphatic rings. The SMILES string of the molecule is COc1ccc(C(=O)O)c(NC(=O)N2CCC(C)(O)C2)c1. The number of urea groups is 1. The number of amides is 2. The molecule has 21 heavy (non-hydrogen) atoms. The number of aliphatic hydroxyl groups is 1. The smallest absolute Gasteiger partial charge is 0.337 e. The Labute approximate surface area is 122 Å². The molecule has 2 rings (SSSR count). The van der Waals surface area contributed by atoms with E-state index in [1.165, 1.54) is 30.2 Å². The fourth-order valence-corrected chi connectivity index (χ4v) is 2.25. The van der Waals surface area contributed by atoms with E-state index in [0.29, 0.717) is 18.7 Å². The molecule has 0 spiro atoms. The van der Waals surface area contributed by atoms with Crippen molar-refractivity contribution in [2.24, 2.45) is 0 Å². The Bertz CT molecular complexity index is 570. The summed E-state index contributed by atoms with van der Waals surface area (Å²) in [6.45, 7) is 2.30. The summed E-state index contributed by atoms with van der Waals surface area (Å²) in [6, 6.07) is 3.90. The molecule has 7 nitrogen and oxygen atoms in total. The molecule has 1 aliphatic heterocycles. The summed E-state index contributed by atoms with van der Waals surface area (Å²) < 4.78 is 5.03. The number of carboxylic acid groups (broad SMARTS) is 1. The van der Waals surface area contributed by atoms with Crippen LogP contribution in [0, 0.1) is 0 Å². The summed E-state index contributed by atoms with van der Waals surface area (Å²) >= 11 is 0. The third kappa shape index (κ3) is 3.43. The number of aromatic carboxylic acids is 1. The van der Waals surface area contributed by atoms with Crippen LogP contribution in [0.4, 0.5) is 10.5 Å². The highest BCUT2D eigenvalue weighted by atomic mass is 16.5. The van der Waals surface area contributed by atoms with Crippen LogP contribution in [0.1, 0.15) is 23.7 Å². The molecule has 0 radical (unpaired) electrons. The first-order valence-electron chi connectivity index (χ1n) is 6.52. The number of nitrogens with one attached hydrogen (secondary N) is 1. The number of hydrogen-bond donors (Lipinski definition) is 3. The van der Waals surface area contributed by atoms with Gasteiger partial charge in [-0.15, -0.1) is 0 Å². The highest BCUT2D eigenvalue weighted by molar-refractivity contribution is 6.00. The number of anilines is 1. The number of nitrogens with zero attached hydrogens (tertiary/aromatic N) is 1. The van der Waals surface area contributed by atoms with Crippen LogP contribution in [0.15, 0.2) is 18.2 Å². The van der Waals surface area contributed by atoms with E-state index in [4.69, 9.17) is 9.84 Å². The number of benzene rings is 1. The molecule has 0 saturated carbocycles. The Kier molecular flexibility index (Phi) is 4.04. The van der Waals surface area contributed by atoms with E-state index < -0.39 is 17.6 Å². The van der Waals surface area contributed by atoms with Crippen molar-refractivity contribution in [2.45, 2.75) is 18.9 Å². The van der Waals surface area contributed by atoms with Crippen LogP contribution in [0.3, 0.4) is 0 Å². The Hall–Kier alpha value is -2.28. The molecular weight excluding hydrogens is 276 g/mol. The molecule has 2 amide bonds. The molecule has 1 saturated heterocycles. The van der Waals surface area contributed by atoms with Gasteiger partial charge in [-0.2, -0.15) is 0 Å². The first kappa shape index (κ1) is 15.1. The Morgan fingerprint density at radius 3 is 2.67 bits per heavy atom. The third-order valence-corrected chi connectivity index (χ3v) is 3.44. The second kappa shape index (κ2) is 5.61. The number of ether oxygens (including phenoxy) is 1. The van der Waals surface area contributed by atoms with Gasteiger partial charge >= 0.3 is 12.0 Å². The molecule has 1 unspecified atom stereocenters. The number of hydrogen-bond acceptors (Lipinski definition) is 4. The van der Waals surface area contributed by atoms with E-state index in [9.17, 15) is 14.7 Å². The topological polar surface area (TPSA) is 99.1 Å². The minimum atomic E-state index is -1.14. The fraction of sp³-hybridized carbons (Fsp3) is 0.429. The van der Waals surface area contributed by atoms with Crippen LogP contribution >= 0.6 is 0 Å². The van der Waals surface area contributed by atoms with E-state index in [1.807, 2.05) is 0 Å². The van der Waals surface area contributed by atoms with Gasteiger partial charge in [-0.3, -0.25) is 0 Å². The van der Waals surface area contributed by atoms with Gasteiger partial charge in [0.05, 0.1) is 30.5 Å². The summed E-state index contributed by atoms with van der Waals surface area (Å²) in [6.07, 6.45) is 0.490. The Balaban J connectivity index is 2.18. The zero-order valence-corrected chi connectivity index (χ0v) is 11.9. The highest BCUT2D eigenvalue weighted by Gasteiger charge is 2.34. The fourth-order valence-electron chi connectivity index (χ4n) is 2.25. The number of carbonyl (C=O) groups excluding carboxylic acids is 1. The Morgan fingerprint density at radius 1 is 1.43 bits per heavy atom. The number of rotatable bonds is 3.